The number of ether oxygens (including phenoxy) is 2. The number of esters is 1. The molecule has 1 aromatic rings. The second-order valence-corrected chi connectivity index (χ2v) is 9.88. The first kappa shape index (κ1) is 25.8. The second kappa shape index (κ2) is 11.6. The van der Waals surface area contributed by atoms with Crippen molar-refractivity contribution in [1.29, 1.82) is 0 Å². The van der Waals surface area contributed by atoms with Crippen molar-refractivity contribution in [3.63, 3.8) is 0 Å². The minimum Gasteiger partial charge on any atom is -0.465 e. The predicted octanol–water partition coefficient (Wildman–Crippen LogP) is 3.86. The number of hydrogen-bond acceptors (Lipinski definition) is 8. The van der Waals surface area contributed by atoms with E-state index in [0.29, 0.717) is 36.5 Å². The molecular weight excluding hydrogens is 436 g/mol. The molecule has 2 aliphatic rings. The lowest BCUT2D eigenvalue weighted by atomic mass is 10.2. The summed E-state index contributed by atoms with van der Waals surface area (Å²) in [5.41, 5.74) is 0.0189. The highest BCUT2D eigenvalue weighted by atomic mass is 16.6. The largest absolute Gasteiger partial charge is 0.465 e. The summed E-state index contributed by atoms with van der Waals surface area (Å²) in [6, 6.07) is 0.315. The molecule has 0 spiro atoms. The van der Waals surface area contributed by atoms with E-state index in [1.54, 1.807) is 22.7 Å². The van der Waals surface area contributed by atoms with Gasteiger partial charge in [0.2, 0.25) is 6.29 Å². The van der Waals surface area contributed by atoms with Crippen LogP contribution in [-0.4, -0.2) is 63.4 Å². The monoisotopic (exact) mass is 476 g/mol. The van der Waals surface area contributed by atoms with Gasteiger partial charge in [0.15, 0.2) is 5.84 Å². The molecule has 1 aliphatic heterocycles. The molecule has 0 radical (unpaired) electrons. The maximum atomic E-state index is 13.2. The Morgan fingerprint density at radius 2 is 1.97 bits per heavy atom. The van der Waals surface area contributed by atoms with Crippen LogP contribution in [0.4, 0.5) is 10.6 Å². The number of anilines is 1. The van der Waals surface area contributed by atoms with Crippen molar-refractivity contribution in [2.75, 3.05) is 18.5 Å². The number of nitrogens with one attached hydrogen (secondary N) is 2. The van der Waals surface area contributed by atoms with Crippen LogP contribution in [0.2, 0.25) is 0 Å². The van der Waals surface area contributed by atoms with E-state index in [-0.39, 0.29) is 12.5 Å². The first-order chi connectivity index (χ1) is 16.2. The second-order valence-electron chi connectivity index (χ2n) is 9.88. The highest BCUT2D eigenvalue weighted by molar-refractivity contribution is 6.03. The molecule has 10 heteroatoms. The number of nitrogens with zero attached hydrogens (tertiary/aromatic N) is 4. The number of amides is 1. The molecule has 1 fully saturated rings. The number of aliphatic imine (C=N–C) groups is 1. The highest BCUT2D eigenvalue weighted by Crippen LogP contribution is 2.26. The number of amidine groups is 1. The fourth-order valence-corrected chi connectivity index (χ4v) is 4.19. The summed E-state index contributed by atoms with van der Waals surface area (Å²) in [5.74, 6) is 0.927. The zero-order valence-corrected chi connectivity index (χ0v) is 21.2. The van der Waals surface area contributed by atoms with Gasteiger partial charge in [-0.05, 0) is 47.0 Å². The first-order valence-corrected chi connectivity index (χ1v) is 12.5. The zero-order valence-electron chi connectivity index (χ0n) is 21.2. The Hall–Kier alpha value is -2.78. The Kier molecular flexibility index (Phi) is 8.79. The van der Waals surface area contributed by atoms with E-state index in [1.807, 2.05) is 20.8 Å². The molecule has 2 N–H and O–H groups in total. The van der Waals surface area contributed by atoms with Crippen LogP contribution < -0.4 is 10.6 Å². The summed E-state index contributed by atoms with van der Waals surface area (Å²) in [6.45, 7) is 10.3. The molecule has 0 bridgehead atoms. The molecule has 1 atom stereocenters. The topological polar surface area (TPSA) is 110 Å². The maximum absolute atomic E-state index is 13.2. The minimum atomic E-state index is -0.680. The van der Waals surface area contributed by atoms with Crippen LogP contribution in [0.15, 0.2) is 11.3 Å². The lowest BCUT2D eigenvalue weighted by Gasteiger charge is -2.35. The van der Waals surface area contributed by atoms with Crippen LogP contribution in [0.1, 0.15) is 85.3 Å². The standard InChI is InChI=1S/C24H40N6O4/c1-6-8-11-14-30(23(32)34-24(3,4)5)22-27-20(26-17-12-9-10-13-17)19-21(28-22)29(16-25-19)15-18(31)33-7-2/h16-17,22,28H,6-15H2,1-5H3,(H,26,27). The first-order valence-electron chi connectivity index (χ1n) is 12.5. The van der Waals surface area contributed by atoms with E-state index in [0.717, 1.165) is 32.1 Å². The summed E-state index contributed by atoms with van der Waals surface area (Å²) in [4.78, 5) is 36.4. The van der Waals surface area contributed by atoms with Crippen molar-refractivity contribution in [2.24, 2.45) is 4.99 Å². The van der Waals surface area contributed by atoms with Crippen molar-refractivity contribution in [2.45, 2.75) is 104 Å². The number of fused-ring (bicyclic) bond motifs is 1. The number of aromatic nitrogens is 2. The molecule has 3 rings (SSSR count). The summed E-state index contributed by atoms with van der Waals surface area (Å²) in [6.07, 6.45) is 7.87. The molecule has 10 nitrogen and oxygen atoms in total. The van der Waals surface area contributed by atoms with Crippen molar-refractivity contribution < 1.29 is 19.1 Å². The van der Waals surface area contributed by atoms with Crippen molar-refractivity contribution in [3.8, 4) is 0 Å². The zero-order chi connectivity index (χ0) is 24.7. The van der Waals surface area contributed by atoms with Crippen LogP contribution in [0, 0.1) is 0 Å². The Balaban J connectivity index is 1.92. The van der Waals surface area contributed by atoms with E-state index >= 15 is 0 Å². The molecule has 34 heavy (non-hydrogen) atoms. The Morgan fingerprint density at radius 3 is 2.62 bits per heavy atom. The van der Waals surface area contributed by atoms with Crippen LogP contribution in [0.25, 0.3) is 0 Å². The molecule has 2 heterocycles. The minimum absolute atomic E-state index is 0.0227. The Labute approximate surface area is 202 Å². The number of carbonyl (C=O) groups excluding carboxylic acids is 2. The number of rotatable bonds is 9. The molecule has 1 amide bonds. The number of hydrogen-bond donors (Lipinski definition) is 2. The molecular formula is C24H40N6O4. The number of imidazole rings is 1. The van der Waals surface area contributed by atoms with E-state index < -0.39 is 18.0 Å². The Bertz CT molecular complexity index is 869. The molecule has 190 valence electrons. The van der Waals surface area contributed by atoms with Crippen LogP contribution >= 0.6 is 0 Å². The molecule has 1 aromatic heterocycles. The van der Waals surface area contributed by atoms with Gasteiger partial charge in [0.1, 0.15) is 23.7 Å². The third kappa shape index (κ3) is 6.87. The van der Waals surface area contributed by atoms with Gasteiger partial charge in [-0.25, -0.2) is 14.8 Å². The lowest BCUT2D eigenvalue weighted by Crippen LogP contribution is -2.50. The molecule has 1 unspecified atom stereocenters. The van der Waals surface area contributed by atoms with Crippen LogP contribution in [0.5, 0.6) is 0 Å². The van der Waals surface area contributed by atoms with E-state index in [4.69, 9.17) is 14.5 Å². The normalized spacial score (nSPS) is 18.0. The van der Waals surface area contributed by atoms with Gasteiger partial charge < -0.3 is 24.7 Å². The summed E-state index contributed by atoms with van der Waals surface area (Å²) >= 11 is 0. The summed E-state index contributed by atoms with van der Waals surface area (Å²) in [7, 11) is 0. The summed E-state index contributed by atoms with van der Waals surface area (Å²) in [5, 5.41) is 6.88. The van der Waals surface area contributed by atoms with Crippen molar-refractivity contribution in [3.05, 3.63) is 12.0 Å². The van der Waals surface area contributed by atoms with Gasteiger partial charge in [0.05, 0.1) is 12.9 Å². The van der Waals surface area contributed by atoms with E-state index in [2.05, 4.69) is 22.5 Å². The predicted molar refractivity (Wildman–Crippen MR) is 131 cm³/mol. The average molecular weight is 477 g/mol. The van der Waals surface area contributed by atoms with Gasteiger partial charge in [-0.2, -0.15) is 0 Å². The van der Waals surface area contributed by atoms with Gasteiger partial charge in [-0.15, -0.1) is 0 Å². The van der Waals surface area contributed by atoms with Crippen LogP contribution in [-0.2, 0) is 20.8 Å². The van der Waals surface area contributed by atoms with Gasteiger partial charge in [-0.3, -0.25) is 9.69 Å². The molecule has 1 saturated carbocycles. The third-order valence-corrected chi connectivity index (χ3v) is 5.81. The molecule has 0 aromatic carbocycles. The molecule has 1 aliphatic carbocycles. The number of carbonyl (C=O) groups is 2. The number of unbranched alkanes of at least 4 members (excludes halogenated alkanes) is 2. The van der Waals surface area contributed by atoms with Crippen molar-refractivity contribution in [1.82, 2.24) is 19.8 Å². The van der Waals surface area contributed by atoms with Crippen molar-refractivity contribution >= 4 is 23.7 Å². The third-order valence-electron chi connectivity index (χ3n) is 5.81. The van der Waals surface area contributed by atoms with E-state index in [1.165, 1.54) is 12.8 Å². The SMILES string of the molecule is CCCCCN(C(=O)OC(C)(C)C)C1N=C(NC2CCCC2)c2ncn(CC(=O)OCC)c2N1. The smallest absolute Gasteiger partial charge is 0.413 e. The van der Waals surface area contributed by atoms with E-state index in [9.17, 15) is 9.59 Å². The molecule has 0 saturated heterocycles. The fourth-order valence-electron chi connectivity index (χ4n) is 4.19. The maximum Gasteiger partial charge on any atom is 0.413 e. The quantitative estimate of drug-likeness (QED) is 0.411. The highest BCUT2D eigenvalue weighted by Gasteiger charge is 2.34. The van der Waals surface area contributed by atoms with Gasteiger partial charge in [0.25, 0.3) is 0 Å². The fraction of sp³-hybridized carbons (Fsp3) is 0.750. The van der Waals surface area contributed by atoms with Gasteiger partial charge in [-0.1, -0.05) is 32.6 Å². The summed E-state index contributed by atoms with van der Waals surface area (Å²) < 4.78 is 12.6. The average Bonchev–Trinajstić information content (AvgIpc) is 3.40. The van der Waals surface area contributed by atoms with Crippen LogP contribution in [0.3, 0.4) is 0 Å². The lowest BCUT2D eigenvalue weighted by molar-refractivity contribution is -0.143. The van der Waals surface area contributed by atoms with Gasteiger partial charge >= 0.3 is 12.1 Å². The Morgan fingerprint density at radius 1 is 1.24 bits per heavy atom. The van der Waals surface area contributed by atoms with Gasteiger partial charge in [0, 0.05) is 12.6 Å².